The molecule has 1 N–H and O–H groups in total. The van der Waals surface area contributed by atoms with Crippen LogP contribution in [0.5, 0.6) is 0 Å². The minimum Gasteiger partial charge on any atom is -0.369 e. The summed E-state index contributed by atoms with van der Waals surface area (Å²) in [6, 6.07) is 8.74. The fourth-order valence-corrected chi connectivity index (χ4v) is 2.70. The van der Waals surface area contributed by atoms with Gasteiger partial charge in [0.2, 0.25) is 0 Å². The summed E-state index contributed by atoms with van der Waals surface area (Å²) in [7, 11) is 2.21. The van der Waals surface area contributed by atoms with E-state index in [1.807, 2.05) is 0 Å². The minimum atomic E-state index is 0.559. The molecule has 1 fully saturated rings. The fourth-order valence-electron chi connectivity index (χ4n) is 2.70. The van der Waals surface area contributed by atoms with Gasteiger partial charge in [-0.05, 0) is 37.4 Å². The average molecular weight is 188 g/mol. The van der Waals surface area contributed by atoms with E-state index < -0.39 is 0 Å². The zero-order valence-electron chi connectivity index (χ0n) is 8.53. The van der Waals surface area contributed by atoms with E-state index in [4.69, 9.17) is 0 Å². The number of benzene rings is 1. The molecular weight excluding hydrogens is 172 g/mol. The third-order valence-electron chi connectivity index (χ3n) is 3.59. The van der Waals surface area contributed by atoms with Gasteiger partial charge in [-0.25, -0.2) is 0 Å². The van der Waals surface area contributed by atoms with Gasteiger partial charge in [-0.15, -0.1) is 0 Å². The molecule has 1 saturated heterocycles. The molecule has 0 spiro atoms. The van der Waals surface area contributed by atoms with Crippen LogP contribution in [0.3, 0.4) is 0 Å². The van der Waals surface area contributed by atoms with Gasteiger partial charge >= 0.3 is 0 Å². The maximum atomic E-state index is 3.60. The molecule has 74 valence electrons. The van der Waals surface area contributed by atoms with Crippen LogP contribution >= 0.6 is 0 Å². The Morgan fingerprint density at radius 2 is 2.21 bits per heavy atom. The standard InChI is InChI=1S/C12H16N2/c1-14-7-6-9-8-12(14)13-11-5-3-2-4-10(9)11/h2-5,9,12-13H,6-8H2,1H3. The summed E-state index contributed by atoms with van der Waals surface area (Å²) in [6.07, 6.45) is 3.14. The van der Waals surface area contributed by atoms with Crippen molar-refractivity contribution in [2.75, 3.05) is 18.9 Å². The Morgan fingerprint density at radius 1 is 1.36 bits per heavy atom. The molecule has 0 aliphatic carbocycles. The Hall–Kier alpha value is -1.02. The number of hydrogen-bond acceptors (Lipinski definition) is 2. The number of likely N-dealkylation sites (tertiary alicyclic amines) is 1. The monoisotopic (exact) mass is 188 g/mol. The van der Waals surface area contributed by atoms with Gasteiger partial charge in [0.1, 0.15) is 0 Å². The second-order valence-corrected chi connectivity index (χ2v) is 4.45. The predicted octanol–water partition coefficient (Wildman–Crippen LogP) is 2.25. The second-order valence-electron chi connectivity index (χ2n) is 4.45. The molecule has 0 aromatic heterocycles. The highest BCUT2D eigenvalue weighted by atomic mass is 15.3. The number of nitrogens with one attached hydrogen (secondary N) is 1. The van der Waals surface area contributed by atoms with Crippen LogP contribution in [0.2, 0.25) is 0 Å². The molecule has 1 aromatic carbocycles. The molecule has 2 heterocycles. The smallest absolute Gasteiger partial charge is 0.0796 e. The normalized spacial score (nSPS) is 30.6. The highest BCUT2D eigenvalue weighted by Crippen LogP contribution is 2.39. The number of nitrogens with zero attached hydrogens (tertiary/aromatic N) is 1. The van der Waals surface area contributed by atoms with Crippen molar-refractivity contribution in [2.45, 2.75) is 24.9 Å². The van der Waals surface area contributed by atoms with E-state index >= 15 is 0 Å². The third kappa shape index (κ3) is 1.14. The molecule has 0 saturated carbocycles. The maximum absolute atomic E-state index is 3.60. The van der Waals surface area contributed by atoms with Crippen molar-refractivity contribution in [1.82, 2.24) is 4.90 Å². The van der Waals surface area contributed by atoms with Crippen molar-refractivity contribution < 1.29 is 0 Å². The predicted molar refractivity (Wildman–Crippen MR) is 58.5 cm³/mol. The number of anilines is 1. The Labute approximate surface area is 84.9 Å². The van der Waals surface area contributed by atoms with Crippen molar-refractivity contribution in [3.63, 3.8) is 0 Å². The van der Waals surface area contributed by atoms with Crippen molar-refractivity contribution in [3.8, 4) is 0 Å². The third-order valence-corrected chi connectivity index (χ3v) is 3.59. The molecule has 14 heavy (non-hydrogen) atoms. The largest absolute Gasteiger partial charge is 0.369 e. The highest BCUT2D eigenvalue weighted by molar-refractivity contribution is 5.55. The zero-order chi connectivity index (χ0) is 9.54. The van der Waals surface area contributed by atoms with E-state index in [2.05, 4.69) is 41.5 Å². The van der Waals surface area contributed by atoms with Crippen LogP contribution in [0.25, 0.3) is 0 Å². The molecule has 2 nitrogen and oxygen atoms in total. The Morgan fingerprint density at radius 3 is 3.14 bits per heavy atom. The SMILES string of the molecule is CN1CCC2CC1Nc1ccccc12. The van der Waals surface area contributed by atoms with E-state index in [-0.39, 0.29) is 0 Å². The Balaban J connectivity index is 2.02. The van der Waals surface area contributed by atoms with Crippen molar-refractivity contribution in [3.05, 3.63) is 29.8 Å². The van der Waals surface area contributed by atoms with Gasteiger partial charge in [0, 0.05) is 12.2 Å². The van der Waals surface area contributed by atoms with Crippen LogP contribution in [0.1, 0.15) is 24.3 Å². The van der Waals surface area contributed by atoms with Gasteiger partial charge < -0.3 is 5.32 Å². The molecule has 1 aromatic rings. The van der Waals surface area contributed by atoms with Gasteiger partial charge in [0.15, 0.2) is 0 Å². The number of para-hydroxylation sites is 1. The molecular formula is C12H16N2. The zero-order valence-corrected chi connectivity index (χ0v) is 8.53. The minimum absolute atomic E-state index is 0.559. The molecule has 0 radical (unpaired) electrons. The molecule has 2 heteroatoms. The first-order valence-corrected chi connectivity index (χ1v) is 5.40. The topological polar surface area (TPSA) is 15.3 Å². The Bertz CT molecular complexity index is 348. The quantitative estimate of drug-likeness (QED) is 0.671. The first kappa shape index (κ1) is 8.30. The summed E-state index contributed by atoms with van der Waals surface area (Å²) < 4.78 is 0. The van der Waals surface area contributed by atoms with Crippen LogP contribution in [0.15, 0.2) is 24.3 Å². The van der Waals surface area contributed by atoms with E-state index in [9.17, 15) is 0 Å². The summed E-state index contributed by atoms with van der Waals surface area (Å²) in [4.78, 5) is 2.42. The van der Waals surface area contributed by atoms with Crippen molar-refractivity contribution in [1.29, 1.82) is 0 Å². The Kier molecular flexibility index (Phi) is 1.77. The lowest BCUT2D eigenvalue weighted by molar-refractivity contribution is 0.182. The lowest BCUT2D eigenvalue weighted by Gasteiger charge is -2.43. The summed E-state index contributed by atoms with van der Waals surface area (Å²) in [5, 5.41) is 3.60. The molecule has 2 aliphatic heterocycles. The summed E-state index contributed by atoms with van der Waals surface area (Å²) >= 11 is 0. The van der Waals surface area contributed by atoms with E-state index in [0.29, 0.717) is 6.17 Å². The number of fused-ring (bicyclic) bond motifs is 4. The van der Waals surface area contributed by atoms with Gasteiger partial charge in [-0.3, -0.25) is 4.90 Å². The summed E-state index contributed by atoms with van der Waals surface area (Å²) in [6.45, 7) is 1.22. The average Bonchev–Trinajstić information content (AvgIpc) is 2.24. The number of hydrogen-bond donors (Lipinski definition) is 1. The fraction of sp³-hybridized carbons (Fsp3) is 0.500. The van der Waals surface area contributed by atoms with Crippen molar-refractivity contribution in [2.24, 2.45) is 0 Å². The number of piperidine rings is 1. The van der Waals surface area contributed by atoms with Crippen LogP contribution in [-0.4, -0.2) is 24.7 Å². The lowest BCUT2D eigenvalue weighted by atomic mass is 9.84. The summed E-state index contributed by atoms with van der Waals surface area (Å²) in [5.74, 6) is 0.786. The summed E-state index contributed by atoms with van der Waals surface area (Å²) in [5.41, 5.74) is 2.87. The lowest BCUT2D eigenvalue weighted by Crippen LogP contribution is -2.46. The van der Waals surface area contributed by atoms with Gasteiger partial charge in [-0.1, -0.05) is 18.2 Å². The van der Waals surface area contributed by atoms with Crippen LogP contribution in [-0.2, 0) is 0 Å². The number of rotatable bonds is 0. The molecule has 2 bridgehead atoms. The maximum Gasteiger partial charge on any atom is 0.0796 e. The van der Waals surface area contributed by atoms with Gasteiger partial charge in [0.05, 0.1) is 6.17 Å². The van der Waals surface area contributed by atoms with Gasteiger partial charge in [-0.2, -0.15) is 0 Å². The molecule has 0 amide bonds. The molecule has 2 unspecified atom stereocenters. The first-order valence-electron chi connectivity index (χ1n) is 5.40. The van der Waals surface area contributed by atoms with Gasteiger partial charge in [0.25, 0.3) is 0 Å². The highest BCUT2D eigenvalue weighted by Gasteiger charge is 2.32. The van der Waals surface area contributed by atoms with Crippen LogP contribution in [0.4, 0.5) is 5.69 Å². The van der Waals surface area contributed by atoms with E-state index in [0.717, 1.165) is 5.92 Å². The molecule has 3 rings (SSSR count). The second kappa shape index (κ2) is 2.99. The van der Waals surface area contributed by atoms with E-state index in [1.165, 1.54) is 30.6 Å². The first-order chi connectivity index (χ1) is 6.84. The molecule has 2 aliphatic rings. The van der Waals surface area contributed by atoms with Crippen LogP contribution in [0, 0.1) is 0 Å². The van der Waals surface area contributed by atoms with Crippen molar-refractivity contribution >= 4 is 5.69 Å². The van der Waals surface area contributed by atoms with E-state index in [1.54, 1.807) is 0 Å². The van der Waals surface area contributed by atoms with Crippen LogP contribution < -0.4 is 5.32 Å². The molecule has 2 atom stereocenters.